The van der Waals surface area contributed by atoms with E-state index in [-0.39, 0.29) is 29.2 Å². The smallest absolute Gasteiger partial charge is 0.306 e. The molecule has 0 saturated heterocycles. The molecule has 2 aliphatic rings. The standard InChI is InChI=1S/C15H25NO3/c1-8(15(2,3)4)13(17)16-12-7-9-5-10(14(18)19)6-11(9)12/h8-12H,5-7H2,1-4H3,(H,16,17)(H,18,19). The molecule has 2 saturated carbocycles. The molecule has 0 bridgehead atoms. The summed E-state index contributed by atoms with van der Waals surface area (Å²) in [5.41, 5.74) is -0.0352. The summed E-state index contributed by atoms with van der Waals surface area (Å²) < 4.78 is 0. The lowest BCUT2D eigenvalue weighted by molar-refractivity contribution is -0.141. The minimum absolute atomic E-state index is 0.0248. The van der Waals surface area contributed by atoms with Crippen molar-refractivity contribution in [2.75, 3.05) is 0 Å². The predicted octanol–water partition coefficient (Wildman–Crippen LogP) is 2.28. The number of aliphatic carboxylic acids is 1. The van der Waals surface area contributed by atoms with Crippen molar-refractivity contribution >= 4 is 11.9 Å². The van der Waals surface area contributed by atoms with Gasteiger partial charge in [-0.2, -0.15) is 0 Å². The van der Waals surface area contributed by atoms with Crippen molar-refractivity contribution in [3.05, 3.63) is 0 Å². The van der Waals surface area contributed by atoms with Crippen LogP contribution in [-0.4, -0.2) is 23.0 Å². The van der Waals surface area contributed by atoms with E-state index in [2.05, 4.69) is 26.1 Å². The topological polar surface area (TPSA) is 66.4 Å². The van der Waals surface area contributed by atoms with Gasteiger partial charge in [-0.3, -0.25) is 9.59 Å². The first-order chi connectivity index (χ1) is 8.70. The Morgan fingerprint density at radius 3 is 2.37 bits per heavy atom. The Morgan fingerprint density at radius 1 is 1.21 bits per heavy atom. The van der Waals surface area contributed by atoms with Gasteiger partial charge in [-0.25, -0.2) is 0 Å². The van der Waals surface area contributed by atoms with Gasteiger partial charge >= 0.3 is 5.97 Å². The number of hydrogen-bond donors (Lipinski definition) is 2. The van der Waals surface area contributed by atoms with E-state index in [1.807, 2.05) is 6.92 Å². The Hall–Kier alpha value is -1.06. The molecule has 2 N–H and O–H groups in total. The van der Waals surface area contributed by atoms with Crippen molar-refractivity contribution in [3.8, 4) is 0 Å². The maximum atomic E-state index is 12.2. The summed E-state index contributed by atoms with van der Waals surface area (Å²) in [6.07, 6.45) is 2.48. The number of carbonyl (C=O) groups is 2. The number of carboxylic acid groups (broad SMARTS) is 1. The van der Waals surface area contributed by atoms with Crippen LogP contribution in [0.25, 0.3) is 0 Å². The van der Waals surface area contributed by atoms with E-state index < -0.39 is 5.97 Å². The van der Waals surface area contributed by atoms with Gasteiger partial charge in [0.2, 0.25) is 5.91 Å². The number of carboxylic acids is 1. The molecule has 4 heteroatoms. The Kier molecular flexibility index (Phi) is 3.63. The zero-order valence-corrected chi connectivity index (χ0v) is 12.3. The maximum Gasteiger partial charge on any atom is 0.306 e. The molecule has 4 nitrogen and oxygen atoms in total. The molecule has 5 unspecified atom stereocenters. The highest BCUT2D eigenvalue weighted by molar-refractivity contribution is 5.79. The second-order valence-corrected chi connectivity index (χ2v) is 7.37. The van der Waals surface area contributed by atoms with Gasteiger partial charge in [0.25, 0.3) is 0 Å². The number of fused-ring (bicyclic) bond motifs is 1. The van der Waals surface area contributed by atoms with Crippen LogP contribution in [-0.2, 0) is 9.59 Å². The highest BCUT2D eigenvalue weighted by Crippen LogP contribution is 2.49. The molecule has 0 aromatic heterocycles. The quantitative estimate of drug-likeness (QED) is 0.824. The predicted molar refractivity (Wildman–Crippen MR) is 72.5 cm³/mol. The highest BCUT2D eigenvalue weighted by atomic mass is 16.4. The van der Waals surface area contributed by atoms with Crippen LogP contribution in [0.2, 0.25) is 0 Å². The molecular weight excluding hydrogens is 242 g/mol. The minimum Gasteiger partial charge on any atom is -0.481 e. The van der Waals surface area contributed by atoms with E-state index >= 15 is 0 Å². The number of carbonyl (C=O) groups excluding carboxylic acids is 1. The van der Waals surface area contributed by atoms with Gasteiger partial charge < -0.3 is 10.4 Å². The van der Waals surface area contributed by atoms with E-state index in [1.54, 1.807) is 0 Å². The van der Waals surface area contributed by atoms with E-state index in [0.29, 0.717) is 11.8 Å². The van der Waals surface area contributed by atoms with Crippen LogP contribution in [0, 0.1) is 29.1 Å². The molecule has 5 atom stereocenters. The summed E-state index contributed by atoms with van der Waals surface area (Å²) in [5, 5.41) is 12.2. The summed E-state index contributed by atoms with van der Waals surface area (Å²) in [6, 6.07) is 0.201. The number of nitrogens with one attached hydrogen (secondary N) is 1. The van der Waals surface area contributed by atoms with Crippen LogP contribution in [0.5, 0.6) is 0 Å². The molecule has 0 radical (unpaired) electrons. The van der Waals surface area contributed by atoms with Crippen molar-refractivity contribution in [1.29, 1.82) is 0 Å². The average molecular weight is 267 g/mol. The Balaban J connectivity index is 1.87. The largest absolute Gasteiger partial charge is 0.481 e. The van der Waals surface area contributed by atoms with Gasteiger partial charge in [0.15, 0.2) is 0 Å². The molecule has 0 aliphatic heterocycles. The number of rotatable bonds is 3. The molecule has 1 amide bonds. The SMILES string of the molecule is CC(C(=O)NC1CC2CC(C(=O)O)CC21)C(C)(C)C. The third-order valence-electron chi connectivity index (χ3n) is 5.19. The Bertz CT molecular complexity index is 385. The first-order valence-electron chi connectivity index (χ1n) is 7.23. The lowest BCUT2D eigenvalue weighted by Crippen LogP contribution is -2.52. The third-order valence-corrected chi connectivity index (χ3v) is 5.19. The van der Waals surface area contributed by atoms with Crippen molar-refractivity contribution < 1.29 is 14.7 Å². The van der Waals surface area contributed by atoms with Gasteiger partial charge in [0, 0.05) is 12.0 Å². The van der Waals surface area contributed by atoms with Crippen LogP contribution in [0.1, 0.15) is 47.0 Å². The summed E-state index contributed by atoms with van der Waals surface area (Å²) in [6.45, 7) is 8.16. The van der Waals surface area contributed by atoms with Crippen molar-refractivity contribution in [1.82, 2.24) is 5.32 Å². The summed E-state index contributed by atoms with van der Waals surface area (Å²) in [5.74, 6) is 0.103. The maximum absolute atomic E-state index is 12.2. The fourth-order valence-corrected chi connectivity index (χ4v) is 3.29. The van der Waals surface area contributed by atoms with Gasteiger partial charge in [-0.05, 0) is 36.5 Å². The van der Waals surface area contributed by atoms with Gasteiger partial charge in [0.05, 0.1) is 5.92 Å². The van der Waals surface area contributed by atoms with Crippen molar-refractivity contribution in [2.45, 2.75) is 53.0 Å². The van der Waals surface area contributed by atoms with Crippen LogP contribution >= 0.6 is 0 Å². The molecule has 0 aromatic carbocycles. The fraction of sp³-hybridized carbons (Fsp3) is 0.867. The van der Waals surface area contributed by atoms with Gasteiger partial charge in [-0.15, -0.1) is 0 Å². The van der Waals surface area contributed by atoms with Crippen LogP contribution < -0.4 is 5.32 Å². The molecule has 2 rings (SSSR count). The highest BCUT2D eigenvalue weighted by Gasteiger charge is 2.50. The molecule has 0 aromatic rings. The molecule has 19 heavy (non-hydrogen) atoms. The second kappa shape index (κ2) is 4.80. The molecule has 2 fully saturated rings. The monoisotopic (exact) mass is 267 g/mol. The number of amides is 1. The lowest BCUT2D eigenvalue weighted by atomic mass is 9.71. The first-order valence-corrected chi connectivity index (χ1v) is 7.23. The zero-order chi connectivity index (χ0) is 14.4. The van der Waals surface area contributed by atoms with E-state index in [1.165, 1.54) is 0 Å². The normalized spacial score (nSPS) is 35.2. The fourth-order valence-electron chi connectivity index (χ4n) is 3.29. The van der Waals surface area contributed by atoms with Crippen molar-refractivity contribution in [3.63, 3.8) is 0 Å². The summed E-state index contributed by atoms with van der Waals surface area (Å²) in [7, 11) is 0. The van der Waals surface area contributed by atoms with Crippen LogP contribution in [0.15, 0.2) is 0 Å². The molecular formula is C15H25NO3. The molecule has 2 aliphatic carbocycles. The second-order valence-electron chi connectivity index (χ2n) is 7.37. The lowest BCUT2D eigenvalue weighted by Gasteiger charge is -2.42. The molecule has 0 heterocycles. The number of hydrogen-bond acceptors (Lipinski definition) is 2. The minimum atomic E-state index is -0.678. The zero-order valence-electron chi connectivity index (χ0n) is 12.3. The van der Waals surface area contributed by atoms with Crippen LogP contribution in [0.4, 0.5) is 0 Å². The van der Waals surface area contributed by atoms with E-state index in [4.69, 9.17) is 5.11 Å². The first kappa shape index (κ1) is 14.4. The third kappa shape index (κ3) is 2.77. The van der Waals surface area contributed by atoms with E-state index in [0.717, 1.165) is 19.3 Å². The summed E-state index contributed by atoms with van der Waals surface area (Å²) >= 11 is 0. The molecule has 0 spiro atoms. The van der Waals surface area contributed by atoms with E-state index in [9.17, 15) is 9.59 Å². The Morgan fingerprint density at radius 2 is 1.84 bits per heavy atom. The van der Waals surface area contributed by atoms with Crippen LogP contribution in [0.3, 0.4) is 0 Å². The van der Waals surface area contributed by atoms with Crippen molar-refractivity contribution in [2.24, 2.45) is 29.1 Å². The Labute approximate surface area is 115 Å². The molecule has 108 valence electrons. The average Bonchev–Trinajstić information content (AvgIpc) is 2.61. The summed E-state index contributed by atoms with van der Waals surface area (Å²) in [4.78, 5) is 23.2. The van der Waals surface area contributed by atoms with Gasteiger partial charge in [-0.1, -0.05) is 27.7 Å². The van der Waals surface area contributed by atoms with Gasteiger partial charge in [0.1, 0.15) is 0 Å².